The minimum absolute atomic E-state index is 0.296. The summed E-state index contributed by atoms with van der Waals surface area (Å²) in [6.07, 6.45) is 6.92. The SMILES string of the molecule is CC(=O)O[C@H]1C=C[C@@H](OC(=O)[C@@H]2CCO[C@H]2c2cncc(Br)c2)C1. The van der Waals surface area contributed by atoms with Gasteiger partial charge in [-0.2, -0.15) is 0 Å². The van der Waals surface area contributed by atoms with Crippen LogP contribution in [0.3, 0.4) is 0 Å². The van der Waals surface area contributed by atoms with Crippen LogP contribution in [-0.4, -0.2) is 35.7 Å². The standard InChI is InChI=1S/C17H18BrNO5/c1-10(20)23-13-2-3-14(7-13)24-17(21)15-4-5-22-16(15)11-6-12(18)9-19-8-11/h2-3,6,8-9,13-16H,4-5,7H2,1H3/t13-,14+,15+,16-/m0/s1. The lowest BCUT2D eigenvalue weighted by Crippen LogP contribution is -2.26. The smallest absolute Gasteiger partial charge is 0.312 e. The zero-order chi connectivity index (χ0) is 17.1. The second kappa shape index (κ2) is 7.44. The van der Waals surface area contributed by atoms with Crippen molar-refractivity contribution < 1.29 is 23.8 Å². The summed E-state index contributed by atoms with van der Waals surface area (Å²) in [6.45, 7) is 1.87. The molecule has 6 nitrogen and oxygen atoms in total. The van der Waals surface area contributed by atoms with Gasteiger partial charge in [-0.3, -0.25) is 14.6 Å². The fourth-order valence-corrected chi connectivity index (χ4v) is 3.38. The maximum atomic E-state index is 12.5. The summed E-state index contributed by atoms with van der Waals surface area (Å²) in [6, 6.07) is 1.90. The summed E-state index contributed by atoms with van der Waals surface area (Å²) in [5.74, 6) is -0.999. The number of pyridine rings is 1. The Morgan fingerprint density at radius 3 is 2.71 bits per heavy atom. The van der Waals surface area contributed by atoms with Gasteiger partial charge in [0.25, 0.3) is 0 Å². The third-order valence-electron chi connectivity index (χ3n) is 4.04. The first-order valence-electron chi connectivity index (χ1n) is 7.81. The van der Waals surface area contributed by atoms with E-state index < -0.39 is 0 Å². The van der Waals surface area contributed by atoms with E-state index in [0.29, 0.717) is 19.4 Å². The Hall–Kier alpha value is -1.73. The van der Waals surface area contributed by atoms with Crippen LogP contribution in [0.4, 0.5) is 0 Å². The van der Waals surface area contributed by atoms with Crippen LogP contribution in [0.2, 0.25) is 0 Å². The molecule has 1 aliphatic heterocycles. The van der Waals surface area contributed by atoms with Gasteiger partial charge < -0.3 is 14.2 Å². The highest BCUT2D eigenvalue weighted by atomic mass is 79.9. The number of carbonyl (C=O) groups excluding carboxylic acids is 2. The van der Waals surface area contributed by atoms with Crippen LogP contribution in [-0.2, 0) is 23.8 Å². The van der Waals surface area contributed by atoms with Crippen molar-refractivity contribution in [2.45, 2.75) is 38.1 Å². The zero-order valence-corrected chi connectivity index (χ0v) is 14.8. The molecule has 1 aromatic rings. The highest BCUT2D eigenvalue weighted by Gasteiger charge is 2.38. The van der Waals surface area contributed by atoms with Gasteiger partial charge >= 0.3 is 11.9 Å². The van der Waals surface area contributed by atoms with E-state index in [0.717, 1.165) is 10.0 Å². The number of rotatable bonds is 4. The summed E-state index contributed by atoms with van der Waals surface area (Å²) in [5, 5.41) is 0. The van der Waals surface area contributed by atoms with Crippen molar-refractivity contribution >= 4 is 27.9 Å². The Morgan fingerprint density at radius 1 is 1.25 bits per heavy atom. The van der Waals surface area contributed by atoms with E-state index in [9.17, 15) is 9.59 Å². The third-order valence-corrected chi connectivity index (χ3v) is 4.47. The number of aromatic nitrogens is 1. The van der Waals surface area contributed by atoms with Gasteiger partial charge in [-0.15, -0.1) is 0 Å². The predicted octanol–water partition coefficient (Wildman–Crippen LogP) is 2.73. The molecule has 0 spiro atoms. The molecule has 1 aliphatic carbocycles. The van der Waals surface area contributed by atoms with Crippen molar-refractivity contribution in [3.8, 4) is 0 Å². The summed E-state index contributed by atoms with van der Waals surface area (Å²) >= 11 is 3.38. The predicted molar refractivity (Wildman–Crippen MR) is 87.9 cm³/mol. The number of nitrogens with zero attached hydrogens (tertiary/aromatic N) is 1. The molecule has 1 saturated heterocycles. The molecule has 24 heavy (non-hydrogen) atoms. The summed E-state index contributed by atoms with van der Waals surface area (Å²) in [4.78, 5) is 27.6. The number of esters is 2. The average molecular weight is 396 g/mol. The van der Waals surface area contributed by atoms with Crippen molar-refractivity contribution in [3.63, 3.8) is 0 Å². The van der Waals surface area contributed by atoms with Gasteiger partial charge in [0.15, 0.2) is 0 Å². The molecule has 0 aromatic carbocycles. The summed E-state index contributed by atoms with van der Waals surface area (Å²) in [5.41, 5.74) is 0.851. The van der Waals surface area contributed by atoms with Gasteiger partial charge in [0, 0.05) is 42.4 Å². The van der Waals surface area contributed by atoms with E-state index in [1.54, 1.807) is 24.5 Å². The van der Waals surface area contributed by atoms with E-state index in [1.165, 1.54) is 6.92 Å². The van der Waals surface area contributed by atoms with E-state index >= 15 is 0 Å². The molecule has 7 heteroatoms. The van der Waals surface area contributed by atoms with Crippen LogP contribution in [0.1, 0.15) is 31.4 Å². The quantitative estimate of drug-likeness (QED) is 0.576. The second-order valence-corrected chi connectivity index (χ2v) is 6.78. The number of carbonyl (C=O) groups is 2. The number of hydrogen-bond donors (Lipinski definition) is 0. The van der Waals surface area contributed by atoms with Gasteiger partial charge in [-0.05, 0) is 40.6 Å². The van der Waals surface area contributed by atoms with Crippen LogP contribution in [0.25, 0.3) is 0 Å². The minimum Gasteiger partial charge on any atom is -0.458 e. The summed E-state index contributed by atoms with van der Waals surface area (Å²) < 4.78 is 17.2. The maximum absolute atomic E-state index is 12.5. The molecular formula is C17H18BrNO5. The molecule has 1 fully saturated rings. The van der Waals surface area contributed by atoms with Crippen molar-refractivity contribution in [1.82, 2.24) is 4.98 Å². The molecule has 0 bridgehead atoms. The molecule has 3 rings (SSSR count). The zero-order valence-electron chi connectivity index (χ0n) is 13.2. The van der Waals surface area contributed by atoms with E-state index in [2.05, 4.69) is 20.9 Å². The highest BCUT2D eigenvalue weighted by molar-refractivity contribution is 9.10. The van der Waals surface area contributed by atoms with E-state index in [1.807, 2.05) is 6.07 Å². The van der Waals surface area contributed by atoms with Crippen molar-refractivity contribution in [1.29, 1.82) is 0 Å². The first kappa shape index (κ1) is 17.1. The Bertz CT molecular complexity index is 662. The molecule has 0 amide bonds. The maximum Gasteiger partial charge on any atom is 0.312 e. The first-order valence-corrected chi connectivity index (χ1v) is 8.60. The lowest BCUT2D eigenvalue weighted by Gasteiger charge is -2.20. The van der Waals surface area contributed by atoms with Gasteiger partial charge in [0.2, 0.25) is 0 Å². The van der Waals surface area contributed by atoms with Crippen molar-refractivity contribution in [2.24, 2.45) is 5.92 Å². The molecule has 1 aromatic heterocycles. The summed E-state index contributed by atoms with van der Waals surface area (Å²) in [7, 11) is 0. The minimum atomic E-state index is -0.372. The monoisotopic (exact) mass is 395 g/mol. The van der Waals surface area contributed by atoms with Crippen LogP contribution in [0.5, 0.6) is 0 Å². The van der Waals surface area contributed by atoms with E-state index in [-0.39, 0.29) is 36.2 Å². The van der Waals surface area contributed by atoms with Crippen molar-refractivity contribution in [2.75, 3.05) is 6.61 Å². The first-order chi connectivity index (χ1) is 11.5. The van der Waals surface area contributed by atoms with Crippen LogP contribution in [0.15, 0.2) is 35.1 Å². The lowest BCUT2D eigenvalue weighted by atomic mass is 9.96. The van der Waals surface area contributed by atoms with Gasteiger partial charge in [-0.25, -0.2) is 0 Å². The Balaban J connectivity index is 1.61. The van der Waals surface area contributed by atoms with Gasteiger partial charge in [0.05, 0.1) is 12.0 Å². The largest absolute Gasteiger partial charge is 0.458 e. The van der Waals surface area contributed by atoms with Gasteiger partial charge in [-0.1, -0.05) is 0 Å². The Labute approximate surface area is 148 Å². The highest BCUT2D eigenvalue weighted by Crippen LogP contribution is 2.36. The Morgan fingerprint density at radius 2 is 2.00 bits per heavy atom. The van der Waals surface area contributed by atoms with Crippen molar-refractivity contribution in [3.05, 3.63) is 40.6 Å². The molecule has 2 heterocycles. The number of halogens is 1. The molecule has 2 aliphatic rings. The van der Waals surface area contributed by atoms with Crippen LogP contribution >= 0.6 is 15.9 Å². The average Bonchev–Trinajstić information content (AvgIpc) is 3.16. The number of hydrogen-bond acceptors (Lipinski definition) is 6. The lowest BCUT2D eigenvalue weighted by molar-refractivity contribution is -0.155. The fraction of sp³-hybridized carbons (Fsp3) is 0.471. The molecular weight excluding hydrogens is 378 g/mol. The third kappa shape index (κ3) is 4.02. The van der Waals surface area contributed by atoms with E-state index in [4.69, 9.17) is 14.2 Å². The molecule has 0 unspecified atom stereocenters. The second-order valence-electron chi connectivity index (χ2n) is 5.87. The topological polar surface area (TPSA) is 74.7 Å². The molecule has 128 valence electrons. The molecule has 0 radical (unpaired) electrons. The van der Waals surface area contributed by atoms with Gasteiger partial charge in [0.1, 0.15) is 12.2 Å². The number of ether oxygens (including phenoxy) is 3. The molecule has 4 atom stereocenters. The van der Waals surface area contributed by atoms with Crippen LogP contribution in [0, 0.1) is 5.92 Å². The Kier molecular flexibility index (Phi) is 5.30. The fourth-order valence-electron chi connectivity index (χ4n) is 3.00. The van der Waals surface area contributed by atoms with Crippen LogP contribution < -0.4 is 0 Å². The molecule has 0 saturated carbocycles. The molecule has 0 N–H and O–H groups in total. The normalized spacial score (nSPS) is 28.8.